The lowest BCUT2D eigenvalue weighted by atomic mass is 10.2. The molecule has 0 bridgehead atoms. The van der Waals surface area contributed by atoms with E-state index < -0.39 is 0 Å². The van der Waals surface area contributed by atoms with E-state index in [1.807, 2.05) is 29.9 Å². The lowest BCUT2D eigenvalue weighted by Gasteiger charge is -2.05. The largest absolute Gasteiger partial charge is 0.312 e. The summed E-state index contributed by atoms with van der Waals surface area (Å²) in [4.78, 5) is 2.68. The Morgan fingerprint density at radius 1 is 1.30 bits per heavy atom. The molecule has 0 fully saturated rings. The number of halogens is 1. The molecule has 0 radical (unpaired) electrons. The second-order valence-electron chi connectivity index (χ2n) is 5.54. The van der Waals surface area contributed by atoms with Crippen LogP contribution in [0.15, 0.2) is 12.1 Å². The molecule has 1 N–H and O–H groups in total. The van der Waals surface area contributed by atoms with Gasteiger partial charge in [-0.15, -0.1) is 11.3 Å². The second kappa shape index (κ2) is 6.74. The normalized spacial score (nSPS) is 11.5. The minimum absolute atomic E-state index is 0.686. The first-order valence-electron chi connectivity index (χ1n) is 6.95. The molecule has 0 aliphatic heterocycles. The second-order valence-corrected chi connectivity index (χ2v) is 7.17. The third-order valence-corrected chi connectivity index (χ3v) is 4.78. The summed E-state index contributed by atoms with van der Waals surface area (Å²) in [7, 11) is 0. The van der Waals surface area contributed by atoms with Crippen LogP contribution in [0.5, 0.6) is 0 Å². The third-order valence-electron chi connectivity index (χ3n) is 3.17. The molecule has 0 aromatic carbocycles. The number of aryl methyl sites for hydroxylation is 1. The van der Waals surface area contributed by atoms with Crippen molar-refractivity contribution in [3.05, 3.63) is 38.3 Å². The molecule has 0 atom stereocenters. The van der Waals surface area contributed by atoms with Gasteiger partial charge in [-0.25, -0.2) is 0 Å². The standard InChI is InChI=1S/C15H22ClN3S/c1-10(2)7-17-8-13-5-6-14(20-13)9-19-12(4)15(16)11(3)18-19/h5-6,10,17H,7-9H2,1-4H3. The molecule has 0 aliphatic carbocycles. The van der Waals surface area contributed by atoms with E-state index in [1.54, 1.807) is 0 Å². The first kappa shape index (κ1) is 15.5. The molecule has 0 saturated heterocycles. The van der Waals surface area contributed by atoms with Crippen LogP contribution >= 0.6 is 22.9 Å². The lowest BCUT2D eigenvalue weighted by molar-refractivity contribution is 0.555. The van der Waals surface area contributed by atoms with Gasteiger partial charge in [-0.3, -0.25) is 4.68 Å². The van der Waals surface area contributed by atoms with Gasteiger partial charge in [0.25, 0.3) is 0 Å². The Hall–Kier alpha value is -0.840. The van der Waals surface area contributed by atoms with Crippen molar-refractivity contribution in [1.29, 1.82) is 0 Å². The highest BCUT2D eigenvalue weighted by molar-refractivity contribution is 7.11. The molecule has 3 nitrogen and oxygen atoms in total. The van der Waals surface area contributed by atoms with Crippen LogP contribution in [-0.2, 0) is 13.1 Å². The van der Waals surface area contributed by atoms with Crippen molar-refractivity contribution in [3.63, 3.8) is 0 Å². The van der Waals surface area contributed by atoms with Crippen molar-refractivity contribution in [3.8, 4) is 0 Å². The summed E-state index contributed by atoms with van der Waals surface area (Å²) in [5, 5.41) is 8.72. The van der Waals surface area contributed by atoms with Gasteiger partial charge in [-0.1, -0.05) is 25.4 Å². The Morgan fingerprint density at radius 3 is 2.60 bits per heavy atom. The van der Waals surface area contributed by atoms with Crippen molar-refractivity contribution in [2.24, 2.45) is 5.92 Å². The molecular weight excluding hydrogens is 290 g/mol. The predicted molar refractivity (Wildman–Crippen MR) is 86.7 cm³/mol. The minimum atomic E-state index is 0.686. The number of nitrogens with zero attached hydrogens (tertiary/aromatic N) is 2. The van der Waals surface area contributed by atoms with Crippen LogP contribution in [0, 0.1) is 19.8 Å². The summed E-state index contributed by atoms with van der Waals surface area (Å²) < 4.78 is 1.98. The van der Waals surface area contributed by atoms with E-state index in [1.165, 1.54) is 9.75 Å². The van der Waals surface area contributed by atoms with E-state index in [0.29, 0.717) is 5.92 Å². The molecule has 2 heterocycles. The molecule has 5 heteroatoms. The van der Waals surface area contributed by atoms with E-state index in [4.69, 9.17) is 11.6 Å². The van der Waals surface area contributed by atoms with Gasteiger partial charge in [0.15, 0.2) is 0 Å². The molecule has 2 aromatic heterocycles. The maximum atomic E-state index is 6.18. The van der Waals surface area contributed by atoms with Crippen molar-refractivity contribution < 1.29 is 0 Å². The Kier molecular flexibility index (Phi) is 5.24. The zero-order valence-electron chi connectivity index (χ0n) is 12.5. The molecular formula is C15H22ClN3S. The molecule has 20 heavy (non-hydrogen) atoms. The van der Waals surface area contributed by atoms with E-state index in [-0.39, 0.29) is 0 Å². The zero-order valence-corrected chi connectivity index (χ0v) is 14.1. The molecule has 0 unspecified atom stereocenters. The summed E-state index contributed by atoms with van der Waals surface area (Å²) in [5.74, 6) is 0.686. The van der Waals surface area contributed by atoms with Gasteiger partial charge in [0, 0.05) is 16.3 Å². The molecule has 2 aromatic rings. The Morgan fingerprint density at radius 2 is 2.00 bits per heavy atom. The van der Waals surface area contributed by atoms with Gasteiger partial charge in [0.05, 0.1) is 23.0 Å². The van der Waals surface area contributed by atoms with E-state index in [0.717, 1.165) is 36.0 Å². The van der Waals surface area contributed by atoms with Crippen LogP contribution in [0.1, 0.15) is 35.0 Å². The number of hydrogen-bond acceptors (Lipinski definition) is 3. The molecule has 0 saturated carbocycles. The van der Waals surface area contributed by atoms with Gasteiger partial charge in [-0.05, 0) is 38.4 Å². The summed E-state index contributed by atoms with van der Waals surface area (Å²) >= 11 is 8.01. The van der Waals surface area contributed by atoms with Crippen LogP contribution in [-0.4, -0.2) is 16.3 Å². The first-order valence-corrected chi connectivity index (χ1v) is 8.14. The van der Waals surface area contributed by atoms with E-state index >= 15 is 0 Å². The van der Waals surface area contributed by atoms with Crippen LogP contribution in [0.25, 0.3) is 0 Å². The van der Waals surface area contributed by atoms with Crippen LogP contribution < -0.4 is 5.32 Å². The summed E-state index contributed by atoms with van der Waals surface area (Å²) in [6.45, 7) is 11.2. The SMILES string of the molecule is Cc1nn(Cc2ccc(CNCC(C)C)s2)c(C)c1Cl. The van der Waals surface area contributed by atoms with Crippen molar-refractivity contribution in [1.82, 2.24) is 15.1 Å². The number of rotatable bonds is 6. The summed E-state index contributed by atoms with van der Waals surface area (Å²) in [6.07, 6.45) is 0. The smallest absolute Gasteiger partial charge is 0.0844 e. The van der Waals surface area contributed by atoms with Crippen molar-refractivity contribution in [2.45, 2.75) is 40.8 Å². The van der Waals surface area contributed by atoms with Gasteiger partial charge in [0.1, 0.15) is 0 Å². The highest BCUT2D eigenvalue weighted by Gasteiger charge is 2.10. The van der Waals surface area contributed by atoms with Crippen LogP contribution in [0.4, 0.5) is 0 Å². The van der Waals surface area contributed by atoms with Crippen LogP contribution in [0.2, 0.25) is 5.02 Å². The first-order chi connectivity index (χ1) is 9.47. The maximum Gasteiger partial charge on any atom is 0.0844 e. The molecule has 0 aliphatic rings. The van der Waals surface area contributed by atoms with Crippen molar-refractivity contribution >= 4 is 22.9 Å². The fraction of sp³-hybridized carbons (Fsp3) is 0.533. The highest BCUT2D eigenvalue weighted by atomic mass is 35.5. The maximum absolute atomic E-state index is 6.18. The summed E-state index contributed by atoms with van der Waals surface area (Å²) in [6, 6.07) is 4.38. The Labute approximate surface area is 130 Å². The fourth-order valence-corrected chi connectivity index (χ4v) is 3.17. The third kappa shape index (κ3) is 3.84. The van der Waals surface area contributed by atoms with E-state index in [9.17, 15) is 0 Å². The van der Waals surface area contributed by atoms with Gasteiger partial charge in [-0.2, -0.15) is 5.10 Å². The molecule has 2 rings (SSSR count). The topological polar surface area (TPSA) is 29.9 Å². The zero-order chi connectivity index (χ0) is 14.7. The molecule has 0 spiro atoms. The van der Waals surface area contributed by atoms with E-state index in [2.05, 4.69) is 36.4 Å². The predicted octanol–water partition coefficient (Wildman–Crippen LogP) is 4.01. The van der Waals surface area contributed by atoms with Crippen molar-refractivity contribution in [2.75, 3.05) is 6.54 Å². The molecule has 0 amide bonds. The average Bonchev–Trinajstić information content (AvgIpc) is 2.91. The van der Waals surface area contributed by atoms with Crippen LogP contribution in [0.3, 0.4) is 0 Å². The number of hydrogen-bond donors (Lipinski definition) is 1. The number of nitrogens with one attached hydrogen (secondary N) is 1. The number of aromatic nitrogens is 2. The quantitative estimate of drug-likeness (QED) is 0.873. The monoisotopic (exact) mass is 311 g/mol. The van der Waals surface area contributed by atoms with Gasteiger partial charge in [0.2, 0.25) is 0 Å². The minimum Gasteiger partial charge on any atom is -0.312 e. The highest BCUT2D eigenvalue weighted by Crippen LogP contribution is 2.22. The van der Waals surface area contributed by atoms with Gasteiger partial charge >= 0.3 is 0 Å². The number of thiophene rings is 1. The summed E-state index contributed by atoms with van der Waals surface area (Å²) in [5.41, 5.74) is 1.94. The Balaban J connectivity index is 1.97. The average molecular weight is 312 g/mol. The molecule has 110 valence electrons. The fourth-order valence-electron chi connectivity index (χ4n) is 2.06. The Bertz CT molecular complexity index is 572. The van der Waals surface area contributed by atoms with Gasteiger partial charge < -0.3 is 5.32 Å². The lowest BCUT2D eigenvalue weighted by Crippen LogP contribution is -2.18.